The number of aryl methyl sites for hydroxylation is 1. The largest absolute Gasteiger partial charge is 0.324 e. The van der Waals surface area contributed by atoms with E-state index in [1.54, 1.807) is 42.7 Å². The molecule has 0 atom stereocenters. The van der Waals surface area contributed by atoms with Crippen LogP contribution in [0, 0.1) is 25.5 Å². The molecule has 0 saturated carbocycles. The topological polar surface area (TPSA) is 63.1 Å². The lowest BCUT2D eigenvalue weighted by Gasteiger charge is -2.11. The first-order valence-corrected chi connectivity index (χ1v) is 8.60. The molecular weight excluding hydrogens is 364 g/mol. The highest BCUT2D eigenvalue weighted by molar-refractivity contribution is 6.05. The molecule has 1 heterocycles. The molecule has 3 rings (SSSR count). The molecule has 2 aromatic carbocycles. The summed E-state index contributed by atoms with van der Waals surface area (Å²) in [6.07, 6.45) is 0. The Kier molecular flexibility index (Phi) is 5.26. The summed E-state index contributed by atoms with van der Waals surface area (Å²) in [6.45, 7) is 4.77. The summed E-state index contributed by atoms with van der Waals surface area (Å²) < 4.78 is 29.6. The molecule has 3 aromatic rings. The highest BCUT2D eigenvalue weighted by Crippen LogP contribution is 2.25. The minimum Gasteiger partial charge on any atom is -0.324 e. The van der Waals surface area contributed by atoms with Gasteiger partial charge in [0.1, 0.15) is 11.6 Å². The van der Waals surface area contributed by atoms with E-state index in [4.69, 9.17) is 0 Å². The minimum absolute atomic E-state index is 0.0258. The van der Waals surface area contributed by atoms with E-state index in [0.717, 1.165) is 6.07 Å². The van der Waals surface area contributed by atoms with E-state index < -0.39 is 23.4 Å². The SMILES string of the molecule is CC(=O)Nc1cc(NC(=O)c2cc(C)n(-c3ccccc3F)c2C)ccc1F. The van der Waals surface area contributed by atoms with Crippen LogP contribution in [0.5, 0.6) is 0 Å². The van der Waals surface area contributed by atoms with Crippen LogP contribution < -0.4 is 10.6 Å². The molecule has 0 bridgehead atoms. The number of halogens is 2. The maximum atomic E-state index is 14.2. The Morgan fingerprint density at radius 3 is 2.32 bits per heavy atom. The third kappa shape index (κ3) is 3.78. The molecule has 1 aromatic heterocycles. The van der Waals surface area contributed by atoms with E-state index in [1.807, 2.05) is 0 Å². The van der Waals surface area contributed by atoms with E-state index in [2.05, 4.69) is 10.6 Å². The zero-order valence-corrected chi connectivity index (χ0v) is 15.6. The number of nitrogens with one attached hydrogen (secondary N) is 2. The summed E-state index contributed by atoms with van der Waals surface area (Å²) in [5.41, 5.74) is 2.29. The Labute approximate surface area is 161 Å². The van der Waals surface area contributed by atoms with E-state index >= 15 is 0 Å². The van der Waals surface area contributed by atoms with Gasteiger partial charge in [-0.05, 0) is 50.2 Å². The van der Waals surface area contributed by atoms with E-state index in [-0.39, 0.29) is 5.69 Å². The van der Waals surface area contributed by atoms with Gasteiger partial charge in [0.15, 0.2) is 0 Å². The van der Waals surface area contributed by atoms with Crippen molar-refractivity contribution in [3.63, 3.8) is 0 Å². The maximum absolute atomic E-state index is 14.2. The van der Waals surface area contributed by atoms with Gasteiger partial charge in [-0.1, -0.05) is 12.1 Å². The van der Waals surface area contributed by atoms with Crippen LogP contribution in [0.15, 0.2) is 48.5 Å². The molecule has 0 aliphatic heterocycles. The molecule has 0 unspecified atom stereocenters. The molecule has 0 fully saturated rings. The smallest absolute Gasteiger partial charge is 0.257 e. The van der Waals surface area contributed by atoms with Crippen LogP contribution in [0.25, 0.3) is 5.69 Å². The molecule has 0 radical (unpaired) electrons. The molecule has 2 N–H and O–H groups in total. The van der Waals surface area contributed by atoms with Gasteiger partial charge in [0.25, 0.3) is 5.91 Å². The van der Waals surface area contributed by atoms with Crippen molar-refractivity contribution in [2.24, 2.45) is 0 Å². The van der Waals surface area contributed by atoms with Crippen LogP contribution in [0.3, 0.4) is 0 Å². The van der Waals surface area contributed by atoms with Gasteiger partial charge in [0.2, 0.25) is 5.91 Å². The molecule has 28 heavy (non-hydrogen) atoms. The first-order chi connectivity index (χ1) is 13.3. The van der Waals surface area contributed by atoms with Crippen molar-refractivity contribution in [1.82, 2.24) is 4.57 Å². The van der Waals surface area contributed by atoms with Gasteiger partial charge >= 0.3 is 0 Å². The number of para-hydroxylation sites is 1. The van der Waals surface area contributed by atoms with Crippen molar-refractivity contribution in [2.45, 2.75) is 20.8 Å². The maximum Gasteiger partial charge on any atom is 0.257 e. The fourth-order valence-corrected chi connectivity index (χ4v) is 3.08. The Hall–Kier alpha value is -3.48. The van der Waals surface area contributed by atoms with Crippen molar-refractivity contribution in [2.75, 3.05) is 10.6 Å². The number of hydrogen-bond donors (Lipinski definition) is 2. The highest BCUT2D eigenvalue weighted by Gasteiger charge is 2.19. The Morgan fingerprint density at radius 1 is 0.929 bits per heavy atom. The van der Waals surface area contributed by atoms with Crippen LogP contribution in [-0.2, 0) is 4.79 Å². The number of hydrogen-bond acceptors (Lipinski definition) is 2. The van der Waals surface area contributed by atoms with Crippen LogP contribution >= 0.6 is 0 Å². The van der Waals surface area contributed by atoms with Gasteiger partial charge in [-0.25, -0.2) is 8.78 Å². The zero-order chi connectivity index (χ0) is 20.4. The second kappa shape index (κ2) is 7.64. The fraction of sp³-hybridized carbons (Fsp3) is 0.143. The second-order valence-electron chi connectivity index (χ2n) is 6.40. The quantitative estimate of drug-likeness (QED) is 0.693. The van der Waals surface area contributed by atoms with Crippen LogP contribution in [-0.4, -0.2) is 16.4 Å². The first-order valence-electron chi connectivity index (χ1n) is 8.60. The van der Waals surface area contributed by atoms with E-state index in [1.165, 1.54) is 25.1 Å². The third-order valence-electron chi connectivity index (χ3n) is 4.30. The molecule has 0 saturated heterocycles. The third-order valence-corrected chi connectivity index (χ3v) is 4.30. The lowest BCUT2D eigenvalue weighted by molar-refractivity contribution is -0.114. The molecular formula is C21H19F2N3O2. The summed E-state index contributed by atoms with van der Waals surface area (Å²) in [5, 5.41) is 5.05. The summed E-state index contributed by atoms with van der Waals surface area (Å²) >= 11 is 0. The van der Waals surface area contributed by atoms with Crippen molar-refractivity contribution in [1.29, 1.82) is 0 Å². The number of nitrogens with zero attached hydrogens (tertiary/aromatic N) is 1. The number of amides is 2. The van der Waals surface area contributed by atoms with Gasteiger partial charge < -0.3 is 15.2 Å². The number of carbonyl (C=O) groups excluding carboxylic acids is 2. The number of anilines is 2. The molecule has 0 aliphatic rings. The summed E-state index contributed by atoms with van der Waals surface area (Å²) in [7, 11) is 0. The fourth-order valence-electron chi connectivity index (χ4n) is 3.08. The van der Waals surface area contributed by atoms with Gasteiger partial charge in [0, 0.05) is 24.0 Å². The standard InChI is InChI=1S/C21H19F2N3O2/c1-12-10-16(13(2)26(12)20-7-5-4-6-18(20)23)21(28)25-15-8-9-17(22)19(11-15)24-14(3)27/h4-11H,1-3H3,(H,24,27)(H,25,28). The minimum atomic E-state index is -0.606. The van der Waals surface area contributed by atoms with Gasteiger partial charge in [0.05, 0.1) is 16.9 Å². The molecule has 0 aliphatic carbocycles. The van der Waals surface area contributed by atoms with Crippen molar-refractivity contribution < 1.29 is 18.4 Å². The molecule has 0 spiro atoms. The highest BCUT2D eigenvalue weighted by atomic mass is 19.1. The van der Waals surface area contributed by atoms with Crippen LogP contribution in [0.2, 0.25) is 0 Å². The zero-order valence-electron chi connectivity index (χ0n) is 15.6. The Bertz CT molecular complexity index is 1070. The average Bonchev–Trinajstić information content (AvgIpc) is 2.92. The summed E-state index contributed by atoms with van der Waals surface area (Å²) in [6, 6.07) is 11.9. The molecule has 5 nitrogen and oxygen atoms in total. The van der Waals surface area contributed by atoms with Crippen molar-refractivity contribution >= 4 is 23.2 Å². The van der Waals surface area contributed by atoms with E-state index in [9.17, 15) is 18.4 Å². The number of benzene rings is 2. The van der Waals surface area contributed by atoms with Crippen molar-refractivity contribution in [3.05, 3.63) is 77.1 Å². The number of carbonyl (C=O) groups is 2. The normalized spacial score (nSPS) is 10.6. The molecule has 144 valence electrons. The van der Waals surface area contributed by atoms with E-state index in [0.29, 0.717) is 28.3 Å². The Balaban J connectivity index is 1.91. The van der Waals surface area contributed by atoms with Crippen LogP contribution in [0.4, 0.5) is 20.2 Å². The molecule has 2 amide bonds. The predicted molar refractivity (Wildman–Crippen MR) is 104 cm³/mol. The van der Waals surface area contributed by atoms with Gasteiger partial charge in [-0.3, -0.25) is 9.59 Å². The monoisotopic (exact) mass is 383 g/mol. The number of rotatable bonds is 4. The second-order valence-corrected chi connectivity index (χ2v) is 6.40. The van der Waals surface area contributed by atoms with Gasteiger partial charge in [-0.15, -0.1) is 0 Å². The van der Waals surface area contributed by atoms with Crippen molar-refractivity contribution in [3.8, 4) is 5.69 Å². The lowest BCUT2D eigenvalue weighted by Crippen LogP contribution is -2.14. The molecule has 7 heteroatoms. The van der Waals surface area contributed by atoms with Gasteiger partial charge in [-0.2, -0.15) is 0 Å². The number of aromatic nitrogens is 1. The Morgan fingerprint density at radius 2 is 1.64 bits per heavy atom. The van der Waals surface area contributed by atoms with Crippen LogP contribution in [0.1, 0.15) is 28.7 Å². The lowest BCUT2D eigenvalue weighted by atomic mass is 10.2. The predicted octanol–water partition coefficient (Wildman–Crippen LogP) is 4.58. The summed E-state index contributed by atoms with van der Waals surface area (Å²) in [5.74, 6) is -1.84. The average molecular weight is 383 g/mol. The summed E-state index contributed by atoms with van der Waals surface area (Å²) in [4.78, 5) is 23.9. The first kappa shape index (κ1) is 19.3.